The van der Waals surface area contributed by atoms with Crippen LogP contribution in [0.25, 0.3) is 0 Å². The van der Waals surface area contributed by atoms with E-state index < -0.39 is 11.4 Å². The van der Waals surface area contributed by atoms with Gasteiger partial charge in [-0.25, -0.2) is 4.79 Å². The Hall–Kier alpha value is -1.56. The van der Waals surface area contributed by atoms with Crippen molar-refractivity contribution in [1.29, 1.82) is 0 Å². The topological polar surface area (TPSA) is 78.4 Å². The van der Waals surface area contributed by atoms with Crippen molar-refractivity contribution < 1.29 is 14.7 Å². The van der Waals surface area contributed by atoms with Crippen molar-refractivity contribution >= 4 is 23.3 Å². The van der Waals surface area contributed by atoms with E-state index >= 15 is 0 Å². The number of carboxylic acids is 1. The van der Waals surface area contributed by atoms with E-state index in [2.05, 4.69) is 10.6 Å². The van der Waals surface area contributed by atoms with Crippen molar-refractivity contribution in [3.05, 3.63) is 21.4 Å². The molecule has 1 heterocycles. The van der Waals surface area contributed by atoms with Crippen molar-refractivity contribution in [3.8, 4) is 0 Å². The lowest BCUT2D eigenvalue weighted by molar-refractivity contribution is -0.147. The van der Waals surface area contributed by atoms with Gasteiger partial charge in [0.05, 0.1) is 12.0 Å². The molecule has 1 aromatic rings. The number of nitrogens with one attached hydrogen (secondary N) is 2. The third-order valence-electron chi connectivity index (χ3n) is 3.58. The highest BCUT2D eigenvalue weighted by molar-refractivity contribution is 7.12. The molecule has 0 aromatic carbocycles. The fourth-order valence-corrected chi connectivity index (χ4v) is 2.59. The van der Waals surface area contributed by atoms with Gasteiger partial charge in [-0.3, -0.25) is 4.79 Å². The molecule has 0 saturated heterocycles. The number of hydrogen-bond acceptors (Lipinski definition) is 3. The highest BCUT2D eigenvalue weighted by Gasteiger charge is 2.31. The standard InChI is InChI=1S/C14H22N2O3S/c1-5-14(4,12(17)18)8-16-13(19)15-7-11-6-9(2)10(3)20-11/h6H,5,7-8H2,1-4H3,(H,17,18)(H2,15,16,19). The van der Waals surface area contributed by atoms with Gasteiger partial charge in [-0.05, 0) is 38.8 Å². The summed E-state index contributed by atoms with van der Waals surface area (Å²) in [7, 11) is 0. The van der Waals surface area contributed by atoms with Crippen LogP contribution in [0.2, 0.25) is 0 Å². The zero-order valence-corrected chi connectivity index (χ0v) is 13.2. The van der Waals surface area contributed by atoms with Crippen molar-refractivity contribution in [3.63, 3.8) is 0 Å². The van der Waals surface area contributed by atoms with Crippen LogP contribution in [-0.2, 0) is 11.3 Å². The van der Waals surface area contributed by atoms with Gasteiger partial charge in [-0.2, -0.15) is 0 Å². The van der Waals surface area contributed by atoms with Crippen LogP contribution < -0.4 is 10.6 Å². The summed E-state index contributed by atoms with van der Waals surface area (Å²) in [6, 6.07) is 1.71. The second-order valence-electron chi connectivity index (χ2n) is 5.21. The zero-order chi connectivity index (χ0) is 15.3. The fourth-order valence-electron chi connectivity index (χ4n) is 1.59. The Labute approximate surface area is 123 Å². The maximum Gasteiger partial charge on any atom is 0.315 e. The number of thiophene rings is 1. The molecule has 6 heteroatoms. The van der Waals surface area contributed by atoms with Gasteiger partial charge in [0.25, 0.3) is 0 Å². The molecular formula is C14H22N2O3S. The van der Waals surface area contributed by atoms with E-state index in [0.717, 1.165) is 4.88 Å². The summed E-state index contributed by atoms with van der Waals surface area (Å²) in [5.74, 6) is -0.898. The van der Waals surface area contributed by atoms with Crippen LogP contribution in [0, 0.1) is 19.3 Å². The molecule has 0 fully saturated rings. The van der Waals surface area contributed by atoms with E-state index in [-0.39, 0.29) is 12.6 Å². The minimum absolute atomic E-state index is 0.118. The maximum atomic E-state index is 11.7. The highest BCUT2D eigenvalue weighted by Crippen LogP contribution is 2.21. The number of carboxylic acid groups (broad SMARTS) is 1. The van der Waals surface area contributed by atoms with Crippen molar-refractivity contribution in [2.75, 3.05) is 6.54 Å². The number of aryl methyl sites for hydroxylation is 2. The summed E-state index contributed by atoms with van der Waals surface area (Å²) in [6.07, 6.45) is 0.464. The quantitative estimate of drug-likeness (QED) is 0.755. The number of hydrogen-bond donors (Lipinski definition) is 3. The Balaban J connectivity index is 2.43. The van der Waals surface area contributed by atoms with E-state index in [4.69, 9.17) is 5.11 Å². The molecule has 0 aliphatic carbocycles. The van der Waals surface area contributed by atoms with Gasteiger partial charge in [0.15, 0.2) is 0 Å². The number of carbonyl (C=O) groups excluding carboxylic acids is 1. The average Bonchev–Trinajstić information content (AvgIpc) is 2.72. The number of urea groups is 1. The first-order valence-corrected chi connectivity index (χ1v) is 7.41. The van der Waals surface area contributed by atoms with E-state index in [0.29, 0.717) is 13.0 Å². The second kappa shape index (κ2) is 6.74. The largest absolute Gasteiger partial charge is 0.481 e. The van der Waals surface area contributed by atoms with Gasteiger partial charge >= 0.3 is 12.0 Å². The summed E-state index contributed by atoms with van der Waals surface area (Å²) in [5.41, 5.74) is 0.296. The number of aliphatic carboxylic acids is 1. The first kappa shape index (κ1) is 16.5. The number of rotatable bonds is 6. The molecule has 2 amide bonds. The molecular weight excluding hydrogens is 276 g/mol. The molecule has 1 unspecified atom stereocenters. The third kappa shape index (κ3) is 4.23. The Morgan fingerprint density at radius 3 is 2.45 bits per heavy atom. The molecule has 1 aromatic heterocycles. The summed E-state index contributed by atoms with van der Waals surface area (Å²) in [6.45, 7) is 8.08. The lowest BCUT2D eigenvalue weighted by Gasteiger charge is -2.23. The van der Waals surface area contributed by atoms with Gasteiger partial charge in [0.2, 0.25) is 0 Å². The SMILES string of the molecule is CCC(C)(CNC(=O)NCc1cc(C)c(C)s1)C(=O)O. The minimum Gasteiger partial charge on any atom is -0.481 e. The van der Waals surface area contributed by atoms with Crippen molar-refractivity contribution in [2.24, 2.45) is 5.41 Å². The smallest absolute Gasteiger partial charge is 0.315 e. The molecule has 0 saturated carbocycles. The minimum atomic E-state index is -0.923. The van der Waals surface area contributed by atoms with E-state index in [9.17, 15) is 9.59 Å². The van der Waals surface area contributed by atoms with Gasteiger partial charge in [0, 0.05) is 16.3 Å². The molecule has 0 aliphatic heterocycles. The van der Waals surface area contributed by atoms with E-state index in [1.165, 1.54) is 10.4 Å². The number of carbonyl (C=O) groups is 2. The van der Waals surface area contributed by atoms with Crippen LogP contribution in [0.5, 0.6) is 0 Å². The monoisotopic (exact) mass is 298 g/mol. The Morgan fingerprint density at radius 2 is 2.00 bits per heavy atom. The molecule has 0 spiro atoms. The molecule has 0 bridgehead atoms. The van der Waals surface area contributed by atoms with Crippen LogP contribution in [0.1, 0.15) is 35.6 Å². The van der Waals surface area contributed by atoms with E-state index in [1.807, 2.05) is 19.9 Å². The van der Waals surface area contributed by atoms with Gasteiger partial charge < -0.3 is 15.7 Å². The molecule has 1 atom stereocenters. The van der Waals surface area contributed by atoms with Gasteiger partial charge in [0.1, 0.15) is 0 Å². The molecule has 1 rings (SSSR count). The van der Waals surface area contributed by atoms with Gasteiger partial charge in [-0.1, -0.05) is 6.92 Å². The Kier molecular flexibility index (Phi) is 5.56. The normalized spacial score (nSPS) is 13.6. The molecule has 5 nitrogen and oxygen atoms in total. The molecule has 20 heavy (non-hydrogen) atoms. The fraction of sp³-hybridized carbons (Fsp3) is 0.571. The zero-order valence-electron chi connectivity index (χ0n) is 12.4. The summed E-state index contributed by atoms with van der Waals surface area (Å²) >= 11 is 1.65. The molecule has 0 radical (unpaired) electrons. The maximum absolute atomic E-state index is 11.7. The molecule has 3 N–H and O–H groups in total. The van der Waals surface area contributed by atoms with Gasteiger partial charge in [-0.15, -0.1) is 11.3 Å². The second-order valence-corrected chi connectivity index (χ2v) is 6.55. The lowest BCUT2D eigenvalue weighted by atomic mass is 9.88. The lowest BCUT2D eigenvalue weighted by Crippen LogP contribution is -2.44. The van der Waals surface area contributed by atoms with Crippen molar-refractivity contribution in [2.45, 2.75) is 40.7 Å². The van der Waals surface area contributed by atoms with Crippen LogP contribution in [0.3, 0.4) is 0 Å². The van der Waals surface area contributed by atoms with Crippen LogP contribution in [-0.4, -0.2) is 23.7 Å². The summed E-state index contributed by atoms with van der Waals surface area (Å²) < 4.78 is 0. The Morgan fingerprint density at radius 1 is 1.35 bits per heavy atom. The Bertz CT molecular complexity index is 479. The third-order valence-corrected chi connectivity index (χ3v) is 4.73. The molecule has 0 aliphatic rings. The van der Waals surface area contributed by atoms with Crippen LogP contribution in [0.15, 0.2) is 6.07 Å². The first-order valence-electron chi connectivity index (χ1n) is 6.59. The summed E-state index contributed by atoms with van der Waals surface area (Å²) in [5, 5.41) is 14.5. The van der Waals surface area contributed by atoms with Crippen LogP contribution >= 0.6 is 11.3 Å². The first-order chi connectivity index (χ1) is 9.28. The number of amides is 2. The summed E-state index contributed by atoms with van der Waals surface area (Å²) in [4.78, 5) is 25.1. The van der Waals surface area contributed by atoms with E-state index in [1.54, 1.807) is 25.2 Å². The van der Waals surface area contributed by atoms with Crippen molar-refractivity contribution in [1.82, 2.24) is 10.6 Å². The predicted molar refractivity (Wildman–Crippen MR) is 80.1 cm³/mol. The van der Waals surface area contributed by atoms with Crippen LogP contribution in [0.4, 0.5) is 4.79 Å². The average molecular weight is 298 g/mol. The predicted octanol–water partition coefficient (Wildman–Crippen LogP) is 2.67. The highest BCUT2D eigenvalue weighted by atomic mass is 32.1. The molecule has 112 valence electrons.